The highest BCUT2D eigenvalue weighted by molar-refractivity contribution is 5.69. The standard InChI is InChI=1S/C25H25NO4/c1-25(2)16-30-22-14-19(10-13-21(22)23(25)26-24(27)28)18-8-11-20(12-9-18)29-15-17-6-4-3-5-7-17/h3-14,23,26H,15-16H2,1-2H3,(H,27,28). The van der Waals surface area contributed by atoms with E-state index in [1.54, 1.807) is 0 Å². The highest BCUT2D eigenvalue weighted by Crippen LogP contribution is 2.44. The van der Waals surface area contributed by atoms with Crippen LogP contribution in [0.1, 0.15) is 31.0 Å². The van der Waals surface area contributed by atoms with Crippen molar-refractivity contribution in [3.63, 3.8) is 0 Å². The molecule has 1 amide bonds. The van der Waals surface area contributed by atoms with Crippen LogP contribution in [0.25, 0.3) is 11.1 Å². The summed E-state index contributed by atoms with van der Waals surface area (Å²) in [6.45, 7) is 4.97. The highest BCUT2D eigenvalue weighted by atomic mass is 16.5. The number of carboxylic acid groups (broad SMARTS) is 1. The maximum absolute atomic E-state index is 11.3. The van der Waals surface area contributed by atoms with Crippen molar-refractivity contribution in [1.82, 2.24) is 5.32 Å². The molecule has 1 aliphatic rings. The molecule has 0 saturated heterocycles. The lowest BCUT2D eigenvalue weighted by Gasteiger charge is -2.39. The molecule has 154 valence electrons. The van der Waals surface area contributed by atoms with Gasteiger partial charge in [-0.2, -0.15) is 0 Å². The van der Waals surface area contributed by atoms with Crippen LogP contribution >= 0.6 is 0 Å². The van der Waals surface area contributed by atoms with E-state index in [4.69, 9.17) is 9.47 Å². The van der Waals surface area contributed by atoms with E-state index in [2.05, 4.69) is 5.32 Å². The molecular formula is C25H25NO4. The molecule has 30 heavy (non-hydrogen) atoms. The number of ether oxygens (including phenoxy) is 2. The molecular weight excluding hydrogens is 378 g/mol. The van der Waals surface area contributed by atoms with Gasteiger partial charge < -0.3 is 19.9 Å². The number of nitrogens with one attached hydrogen (secondary N) is 1. The predicted molar refractivity (Wildman–Crippen MR) is 116 cm³/mol. The number of hydrogen-bond donors (Lipinski definition) is 2. The number of fused-ring (bicyclic) bond motifs is 1. The molecule has 1 heterocycles. The fraction of sp³-hybridized carbons (Fsp3) is 0.240. The van der Waals surface area contributed by atoms with Crippen molar-refractivity contribution < 1.29 is 19.4 Å². The summed E-state index contributed by atoms with van der Waals surface area (Å²) in [6, 6.07) is 23.6. The first-order valence-electron chi connectivity index (χ1n) is 9.96. The van der Waals surface area contributed by atoms with Gasteiger partial charge in [0, 0.05) is 11.0 Å². The van der Waals surface area contributed by atoms with E-state index in [0.29, 0.717) is 13.2 Å². The first kappa shape index (κ1) is 19.8. The molecule has 0 radical (unpaired) electrons. The minimum atomic E-state index is -1.03. The Morgan fingerprint density at radius 3 is 2.47 bits per heavy atom. The fourth-order valence-corrected chi connectivity index (χ4v) is 3.73. The fourth-order valence-electron chi connectivity index (χ4n) is 3.73. The van der Waals surface area contributed by atoms with Crippen molar-refractivity contribution in [3.8, 4) is 22.6 Å². The number of carbonyl (C=O) groups is 1. The number of rotatable bonds is 5. The van der Waals surface area contributed by atoms with E-state index in [0.717, 1.165) is 33.8 Å². The van der Waals surface area contributed by atoms with Gasteiger partial charge in [-0.25, -0.2) is 4.79 Å². The smallest absolute Gasteiger partial charge is 0.405 e. The van der Waals surface area contributed by atoms with Crippen LogP contribution in [0.15, 0.2) is 72.8 Å². The van der Waals surface area contributed by atoms with Crippen molar-refractivity contribution in [2.45, 2.75) is 26.5 Å². The molecule has 1 aliphatic heterocycles. The Bertz CT molecular complexity index is 1030. The third-order valence-corrected chi connectivity index (χ3v) is 5.41. The van der Waals surface area contributed by atoms with Gasteiger partial charge in [0.05, 0.1) is 12.6 Å². The molecule has 3 aromatic carbocycles. The minimum Gasteiger partial charge on any atom is -0.493 e. The van der Waals surface area contributed by atoms with E-state index in [9.17, 15) is 9.90 Å². The summed E-state index contributed by atoms with van der Waals surface area (Å²) in [7, 11) is 0. The molecule has 5 nitrogen and oxygen atoms in total. The van der Waals surface area contributed by atoms with E-state index < -0.39 is 6.09 Å². The van der Waals surface area contributed by atoms with Crippen molar-refractivity contribution in [2.24, 2.45) is 5.41 Å². The molecule has 0 fully saturated rings. The van der Waals surface area contributed by atoms with Gasteiger partial charge in [0.25, 0.3) is 0 Å². The summed E-state index contributed by atoms with van der Waals surface area (Å²) in [5.41, 5.74) is 3.71. The molecule has 0 aromatic heterocycles. The maximum Gasteiger partial charge on any atom is 0.405 e. The average Bonchev–Trinajstić information content (AvgIpc) is 2.75. The monoisotopic (exact) mass is 403 g/mol. The number of hydrogen-bond acceptors (Lipinski definition) is 3. The normalized spacial score (nSPS) is 16.8. The first-order chi connectivity index (χ1) is 14.4. The predicted octanol–water partition coefficient (Wildman–Crippen LogP) is 5.66. The molecule has 5 heteroatoms. The van der Waals surface area contributed by atoms with Gasteiger partial charge in [-0.05, 0) is 34.9 Å². The Morgan fingerprint density at radius 1 is 1.07 bits per heavy atom. The van der Waals surface area contributed by atoms with Crippen LogP contribution in [0.3, 0.4) is 0 Å². The summed E-state index contributed by atoms with van der Waals surface area (Å²) >= 11 is 0. The zero-order valence-electron chi connectivity index (χ0n) is 17.1. The molecule has 0 bridgehead atoms. The van der Waals surface area contributed by atoms with Gasteiger partial charge in [0.1, 0.15) is 18.1 Å². The maximum atomic E-state index is 11.3. The highest BCUT2D eigenvalue weighted by Gasteiger charge is 2.38. The van der Waals surface area contributed by atoms with Crippen LogP contribution in [0.5, 0.6) is 11.5 Å². The van der Waals surface area contributed by atoms with Crippen LogP contribution < -0.4 is 14.8 Å². The zero-order valence-corrected chi connectivity index (χ0v) is 17.1. The Labute approximate surface area is 176 Å². The summed E-state index contributed by atoms with van der Waals surface area (Å²) in [4.78, 5) is 11.3. The Hall–Kier alpha value is -3.47. The molecule has 4 rings (SSSR count). The van der Waals surface area contributed by atoms with Gasteiger partial charge >= 0.3 is 6.09 Å². The molecule has 3 aromatic rings. The van der Waals surface area contributed by atoms with E-state index in [1.165, 1.54) is 0 Å². The number of amides is 1. The average molecular weight is 403 g/mol. The molecule has 1 atom stereocenters. The Balaban J connectivity index is 1.52. The third kappa shape index (κ3) is 4.25. The van der Waals surface area contributed by atoms with Crippen molar-refractivity contribution in [3.05, 3.63) is 83.9 Å². The molecule has 2 N–H and O–H groups in total. The van der Waals surface area contributed by atoms with Crippen LogP contribution in [0.4, 0.5) is 4.79 Å². The zero-order chi connectivity index (χ0) is 21.1. The van der Waals surface area contributed by atoms with Crippen molar-refractivity contribution in [2.75, 3.05) is 6.61 Å². The summed E-state index contributed by atoms with van der Waals surface area (Å²) < 4.78 is 11.8. The summed E-state index contributed by atoms with van der Waals surface area (Å²) in [5, 5.41) is 11.9. The topological polar surface area (TPSA) is 67.8 Å². The second-order valence-electron chi connectivity index (χ2n) is 8.21. The van der Waals surface area contributed by atoms with Crippen LogP contribution in [0.2, 0.25) is 0 Å². The molecule has 0 aliphatic carbocycles. The summed E-state index contributed by atoms with van der Waals surface area (Å²) in [5.74, 6) is 1.53. The van der Waals surface area contributed by atoms with Crippen molar-refractivity contribution >= 4 is 6.09 Å². The van der Waals surface area contributed by atoms with Crippen LogP contribution in [-0.4, -0.2) is 17.8 Å². The SMILES string of the molecule is CC1(C)COc2cc(-c3ccc(OCc4ccccc4)cc3)ccc2C1NC(=O)O. The van der Waals surface area contributed by atoms with Gasteiger partial charge in [-0.1, -0.05) is 68.4 Å². The molecule has 0 spiro atoms. The molecule has 0 saturated carbocycles. The van der Waals surface area contributed by atoms with E-state index in [-0.39, 0.29) is 11.5 Å². The van der Waals surface area contributed by atoms with Crippen LogP contribution in [0, 0.1) is 5.41 Å². The minimum absolute atomic E-state index is 0.318. The van der Waals surface area contributed by atoms with Crippen LogP contribution in [-0.2, 0) is 6.61 Å². The Kier molecular flexibility index (Phi) is 5.36. The Morgan fingerprint density at radius 2 is 1.77 bits per heavy atom. The van der Waals surface area contributed by atoms with Gasteiger partial charge in [-0.15, -0.1) is 0 Å². The van der Waals surface area contributed by atoms with E-state index >= 15 is 0 Å². The quantitative estimate of drug-likeness (QED) is 0.577. The molecule has 1 unspecified atom stereocenters. The van der Waals surface area contributed by atoms with Gasteiger partial charge in [-0.3, -0.25) is 0 Å². The lowest BCUT2D eigenvalue weighted by Crippen LogP contribution is -2.43. The van der Waals surface area contributed by atoms with E-state index in [1.807, 2.05) is 86.6 Å². The summed E-state index contributed by atoms with van der Waals surface area (Å²) in [6.07, 6.45) is -1.03. The lowest BCUT2D eigenvalue weighted by atomic mass is 9.78. The van der Waals surface area contributed by atoms with Gasteiger partial charge in [0.15, 0.2) is 0 Å². The second kappa shape index (κ2) is 8.11. The second-order valence-corrected chi connectivity index (χ2v) is 8.21. The van der Waals surface area contributed by atoms with Gasteiger partial charge in [0.2, 0.25) is 0 Å². The van der Waals surface area contributed by atoms with Crippen molar-refractivity contribution in [1.29, 1.82) is 0 Å². The largest absolute Gasteiger partial charge is 0.493 e. The lowest BCUT2D eigenvalue weighted by molar-refractivity contribution is 0.0996. The first-order valence-corrected chi connectivity index (χ1v) is 9.96. The third-order valence-electron chi connectivity index (χ3n) is 5.41. The number of benzene rings is 3.